The number of rotatable bonds is 7. The summed E-state index contributed by atoms with van der Waals surface area (Å²) in [5.74, 6) is 0.715. The Balaban J connectivity index is 2.28. The second-order valence-electron chi connectivity index (χ2n) is 6.72. The smallest absolute Gasteiger partial charge is 0.211 e. The Morgan fingerprint density at radius 3 is 2.37 bits per heavy atom. The van der Waals surface area contributed by atoms with Gasteiger partial charge < -0.3 is 5.32 Å². The van der Waals surface area contributed by atoms with Crippen LogP contribution in [0.4, 0.5) is 0 Å². The van der Waals surface area contributed by atoms with Gasteiger partial charge in [-0.15, -0.1) is 0 Å². The van der Waals surface area contributed by atoms with Crippen molar-refractivity contribution in [1.29, 1.82) is 0 Å². The minimum absolute atomic E-state index is 0.444. The van der Waals surface area contributed by atoms with E-state index in [0.29, 0.717) is 30.5 Å². The molecule has 0 bridgehead atoms. The van der Waals surface area contributed by atoms with Crippen molar-refractivity contribution < 1.29 is 8.42 Å². The van der Waals surface area contributed by atoms with Gasteiger partial charge in [0.2, 0.25) is 10.0 Å². The van der Waals surface area contributed by atoms with Crippen molar-refractivity contribution in [2.75, 3.05) is 25.9 Å². The number of nitrogens with zero attached hydrogens (tertiary/aromatic N) is 1. The van der Waals surface area contributed by atoms with Crippen molar-refractivity contribution in [3.8, 4) is 0 Å². The average molecular weight is 290 g/mol. The van der Waals surface area contributed by atoms with Crippen LogP contribution in [0.15, 0.2) is 0 Å². The third-order valence-corrected chi connectivity index (χ3v) is 5.53. The lowest BCUT2D eigenvalue weighted by molar-refractivity contribution is 0.360. The van der Waals surface area contributed by atoms with Crippen LogP contribution >= 0.6 is 0 Å². The van der Waals surface area contributed by atoms with E-state index < -0.39 is 10.0 Å². The van der Waals surface area contributed by atoms with Crippen LogP contribution in [0, 0.1) is 11.3 Å². The molecule has 0 aromatic carbocycles. The van der Waals surface area contributed by atoms with Crippen molar-refractivity contribution in [3.05, 3.63) is 0 Å². The summed E-state index contributed by atoms with van der Waals surface area (Å²) >= 11 is 0. The molecule has 1 N–H and O–H groups in total. The fourth-order valence-electron chi connectivity index (χ4n) is 3.27. The lowest BCUT2D eigenvalue weighted by Crippen LogP contribution is -2.36. The largest absolute Gasteiger partial charge is 0.314 e. The van der Waals surface area contributed by atoms with Crippen molar-refractivity contribution in [2.45, 2.75) is 53.0 Å². The number of sulfonamides is 1. The lowest BCUT2D eigenvalue weighted by Gasteiger charge is -2.21. The fraction of sp³-hybridized carbons (Fsp3) is 1.00. The maximum atomic E-state index is 11.5. The second kappa shape index (κ2) is 6.55. The molecule has 2 unspecified atom stereocenters. The van der Waals surface area contributed by atoms with Gasteiger partial charge >= 0.3 is 0 Å². The third kappa shape index (κ3) is 5.40. The van der Waals surface area contributed by atoms with E-state index in [2.05, 4.69) is 26.1 Å². The molecule has 1 aliphatic carbocycles. The molecule has 1 rings (SSSR count). The highest BCUT2D eigenvalue weighted by Crippen LogP contribution is 2.40. The van der Waals surface area contributed by atoms with Gasteiger partial charge in [-0.2, -0.15) is 0 Å². The predicted octanol–water partition coefficient (Wildman–Crippen LogP) is 2.07. The highest BCUT2D eigenvalue weighted by Gasteiger charge is 2.36. The molecule has 19 heavy (non-hydrogen) atoms. The summed E-state index contributed by atoms with van der Waals surface area (Å²) in [4.78, 5) is 0. The zero-order valence-electron chi connectivity index (χ0n) is 13.1. The summed E-state index contributed by atoms with van der Waals surface area (Å²) in [6.07, 6.45) is 4.66. The molecule has 5 heteroatoms. The molecule has 0 aromatic rings. The molecule has 114 valence electrons. The average Bonchev–Trinajstić information content (AvgIpc) is 2.50. The summed E-state index contributed by atoms with van der Waals surface area (Å²) in [5, 5.41) is 3.60. The van der Waals surface area contributed by atoms with E-state index in [9.17, 15) is 8.42 Å². The van der Waals surface area contributed by atoms with E-state index in [4.69, 9.17) is 0 Å². The van der Waals surface area contributed by atoms with Crippen LogP contribution in [0.1, 0.15) is 47.0 Å². The van der Waals surface area contributed by atoms with Gasteiger partial charge in [0, 0.05) is 19.1 Å². The molecule has 4 nitrogen and oxygen atoms in total. The van der Waals surface area contributed by atoms with E-state index in [1.165, 1.54) is 23.4 Å². The summed E-state index contributed by atoms with van der Waals surface area (Å²) in [7, 11) is -3.04. The number of nitrogens with one attached hydrogen (secondary N) is 1. The molecule has 0 heterocycles. The maximum absolute atomic E-state index is 11.5. The van der Waals surface area contributed by atoms with Gasteiger partial charge in [-0.1, -0.05) is 27.7 Å². The van der Waals surface area contributed by atoms with Crippen molar-refractivity contribution in [3.63, 3.8) is 0 Å². The molecule has 0 aliphatic heterocycles. The van der Waals surface area contributed by atoms with Crippen molar-refractivity contribution in [2.24, 2.45) is 11.3 Å². The summed E-state index contributed by atoms with van der Waals surface area (Å²) in [6.45, 7) is 10.9. The maximum Gasteiger partial charge on any atom is 0.211 e. The molecule has 1 aliphatic rings. The van der Waals surface area contributed by atoms with Crippen LogP contribution < -0.4 is 5.32 Å². The minimum Gasteiger partial charge on any atom is -0.314 e. The zero-order valence-corrected chi connectivity index (χ0v) is 13.9. The quantitative estimate of drug-likeness (QED) is 0.730. The lowest BCUT2D eigenvalue weighted by atomic mass is 9.91. The molecule has 0 aromatic heterocycles. The van der Waals surface area contributed by atoms with E-state index in [-0.39, 0.29) is 0 Å². The monoisotopic (exact) mass is 290 g/mol. The molecule has 0 saturated heterocycles. The fourth-order valence-corrected chi connectivity index (χ4v) is 4.20. The van der Waals surface area contributed by atoms with Crippen LogP contribution in [-0.2, 0) is 10.0 Å². The van der Waals surface area contributed by atoms with Crippen molar-refractivity contribution >= 4 is 10.0 Å². The van der Waals surface area contributed by atoms with Crippen LogP contribution in [0.2, 0.25) is 0 Å². The van der Waals surface area contributed by atoms with Crippen LogP contribution in [0.3, 0.4) is 0 Å². The number of hydrogen-bond acceptors (Lipinski definition) is 3. The third-order valence-electron chi connectivity index (χ3n) is 4.15. The zero-order chi connectivity index (χ0) is 14.7. The van der Waals surface area contributed by atoms with Gasteiger partial charge in [-0.05, 0) is 37.1 Å². The summed E-state index contributed by atoms with van der Waals surface area (Å²) < 4.78 is 24.4. The summed E-state index contributed by atoms with van der Waals surface area (Å²) in [6, 6.07) is 0.586. The molecular formula is C14H30N2O2S. The van der Waals surface area contributed by atoms with Gasteiger partial charge in [0.15, 0.2) is 0 Å². The highest BCUT2D eigenvalue weighted by molar-refractivity contribution is 7.88. The van der Waals surface area contributed by atoms with Gasteiger partial charge in [-0.25, -0.2) is 12.7 Å². The molecule has 0 amide bonds. The summed E-state index contributed by atoms with van der Waals surface area (Å²) in [5.41, 5.74) is 0.444. The normalized spacial score (nSPS) is 27.1. The Morgan fingerprint density at radius 2 is 1.95 bits per heavy atom. The first-order chi connectivity index (χ1) is 8.65. The molecule has 1 fully saturated rings. The molecule has 1 saturated carbocycles. The molecule has 2 atom stereocenters. The first kappa shape index (κ1) is 16.9. The van der Waals surface area contributed by atoms with Gasteiger partial charge in [0.25, 0.3) is 0 Å². The predicted molar refractivity (Wildman–Crippen MR) is 80.7 cm³/mol. The van der Waals surface area contributed by atoms with Crippen LogP contribution in [0.5, 0.6) is 0 Å². The first-order valence-electron chi connectivity index (χ1n) is 7.34. The molecular weight excluding hydrogens is 260 g/mol. The first-order valence-corrected chi connectivity index (χ1v) is 9.19. The SMILES string of the molecule is CCN(CCCNC1CC(C)(C)CC1C)S(C)(=O)=O. The van der Waals surface area contributed by atoms with Crippen LogP contribution in [-0.4, -0.2) is 44.7 Å². The molecule has 0 radical (unpaired) electrons. The van der Waals surface area contributed by atoms with Crippen molar-refractivity contribution in [1.82, 2.24) is 9.62 Å². The Morgan fingerprint density at radius 1 is 1.32 bits per heavy atom. The van der Waals surface area contributed by atoms with Gasteiger partial charge in [0.05, 0.1) is 6.26 Å². The van der Waals surface area contributed by atoms with E-state index >= 15 is 0 Å². The standard InChI is InChI=1S/C14H30N2O2S/c1-6-16(19(5,17)18)9-7-8-15-13-11-14(3,4)10-12(13)2/h12-13,15H,6-11H2,1-5H3. The van der Waals surface area contributed by atoms with E-state index in [1.54, 1.807) is 0 Å². The minimum atomic E-state index is -3.04. The second-order valence-corrected chi connectivity index (χ2v) is 8.70. The Labute approximate surface area is 119 Å². The highest BCUT2D eigenvalue weighted by atomic mass is 32.2. The molecule has 0 spiro atoms. The van der Waals surface area contributed by atoms with E-state index in [0.717, 1.165) is 13.0 Å². The Bertz CT molecular complexity index is 379. The Kier molecular flexibility index (Phi) is 5.83. The van der Waals surface area contributed by atoms with E-state index in [1.807, 2.05) is 6.92 Å². The number of hydrogen-bond donors (Lipinski definition) is 1. The topological polar surface area (TPSA) is 49.4 Å². The Hall–Kier alpha value is -0.130. The van der Waals surface area contributed by atoms with Crippen LogP contribution in [0.25, 0.3) is 0 Å². The van der Waals surface area contributed by atoms with Gasteiger partial charge in [0.1, 0.15) is 0 Å². The van der Waals surface area contributed by atoms with Gasteiger partial charge in [-0.3, -0.25) is 0 Å².